The molecule has 5 heterocycles. The fourth-order valence-corrected chi connectivity index (χ4v) is 7.30. The van der Waals surface area contributed by atoms with Crippen LogP contribution in [0.2, 0.25) is 0 Å². The molecule has 6 N–H and O–H groups in total. The first-order valence-electron chi connectivity index (χ1n) is 18.2. The maximum Gasteiger partial charge on any atom is 3.00 e. The van der Waals surface area contributed by atoms with Crippen LogP contribution in [0, 0.1) is 37.3 Å². The zero-order valence-electron chi connectivity index (χ0n) is 33.1. The van der Waals surface area contributed by atoms with Crippen LogP contribution in [0.15, 0.2) is 121 Å². The second kappa shape index (κ2) is 19.2. The van der Waals surface area contributed by atoms with Gasteiger partial charge in [0.2, 0.25) is 0 Å². The number of rotatable bonds is 8. The average Bonchev–Trinajstić information content (AvgIpc) is 4.10. The predicted octanol–water partition coefficient (Wildman–Crippen LogP) is 8.14. The van der Waals surface area contributed by atoms with Crippen LogP contribution in [0.5, 0.6) is 23.0 Å². The summed E-state index contributed by atoms with van der Waals surface area (Å²) >= 11 is 0. The molecule has 307 valence electrons. The van der Waals surface area contributed by atoms with Gasteiger partial charge in [0.25, 0.3) is 0 Å². The Morgan fingerprint density at radius 3 is 0.700 bits per heavy atom. The van der Waals surface area contributed by atoms with Crippen LogP contribution < -0.4 is 28.9 Å². The molecule has 0 amide bonds. The molecule has 9 rings (SSSR count). The van der Waals surface area contributed by atoms with E-state index in [1.807, 2.05) is 97.1 Å². The molecule has 0 saturated carbocycles. The van der Waals surface area contributed by atoms with Crippen molar-refractivity contribution in [1.29, 1.82) is 0 Å². The molecule has 0 spiro atoms. The maximum atomic E-state index is 5.52. The Morgan fingerprint density at radius 1 is 0.317 bits per heavy atom. The molecule has 1 radical (unpaired) electrons. The number of nitrogens with zero attached hydrogens (tertiary/aromatic N) is 4. The monoisotopic (exact) mass is 952 g/mol. The van der Waals surface area contributed by atoms with Crippen LogP contribution in [0.1, 0.15) is 22.8 Å². The van der Waals surface area contributed by atoms with E-state index in [0.29, 0.717) is 0 Å². The van der Waals surface area contributed by atoms with Crippen LogP contribution in [0.4, 0.5) is 0 Å². The van der Waals surface area contributed by atoms with Gasteiger partial charge < -0.3 is 45.3 Å². The van der Waals surface area contributed by atoms with Crippen molar-refractivity contribution >= 4 is 46.4 Å². The van der Waals surface area contributed by atoms with E-state index < -0.39 is 0 Å². The summed E-state index contributed by atoms with van der Waals surface area (Å²) in [5.41, 5.74) is 13.7. The first-order valence-corrected chi connectivity index (χ1v) is 18.2. The number of hydrogen-bond acceptors (Lipinski definition) is 6. The summed E-state index contributed by atoms with van der Waals surface area (Å²) in [4.78, 5) is 21.4. The fourth-order valence-electron chi connectivity index (χ4n) is 7.30. The van der Waals surface area contributed by atoms with Crippen LogP contribution in [-0.4, -0.2) is 54.8 Å². The molecule has 3 aromatic heterocycles. The van der Waals surface area contributed by atoms with E-state index in [1.54, 1.807) is 28.4 Å². The summed E-state index contributed by atoms with van der Waals surface area (Å²) in [6, 6.07) is 40.3. The van der Waals surface area contributed by atoms with Crippen molar-refractivity contribution in [2.75, 3.05) is 28.4 Å². The topological polar surface area (TPSA) is 185 Å². The van der Waals surface area contributed by atoms with Gasteiger partial charge in [0, 0.05) is 0 Å². The van der Waals surface area contributed by atoms with Crippen molar-refractivity contribution < 1.29 is 72.7 Å². The van der Waals surface area contributed by atoms with Gasteiger partial charge in [-0.25, -0.2) is 9.97 Å². The number of benzene rings is 4. The van der Waals surface area contributed by atoms with Crippen molar-refractivity contribution in [2.24, 2.45) is 0 Å². The first-order chi connectivity index (χ1) is 27.5. The summed E-state index contributed by atoms with van der Waals surface area (Å²) in [7, 11) is 6.67. The van der Waals surface area contributed by atoms with Gasteiger partial charge in [-0.1, -0.05) is 72.8 Å². The summed E-state index contributed by atoms with van der Waals surface area (Å²) in [6.07, 6.45) is 8.23. The third kappa shape index (κ3) is 8.45. The average molecular weight is 954 g/mol. The Labute approximate surface area is 376 Å². The molecule has 0 atom stereocenters. The minimum absolute atomic E-state index is 0. The summed E-state index contributed by atoms with van der Waals surface area (Å²) in [5, 5.41) is 0. The Balaban J connectivity index is 0.00000171. The predicted molar refractivity (Wildman–Crippen MR) is 236 cm³/mol. The molecule has 2 aliphatic heterocycles. The van der Waals surface area contributed by atoms with E-state index in [2.05, 4.69) is 48.6 Å². The largest absolute Gasteiger partial charge is 3.00 e. The molecule has 7 aromatic rings. The van der Waals surface area contributed by atoms with E-state index in [0.717, 1.165) is 112 Å². The second-order valence-electron chi connectivity index (χ2n) is 13.3. The Kier molecular flexibility index (Phi) is 14.4. The molecule has 0 unspecified atom stereocenters. The number of hydrogen-bond donors (Lipinski definition) is 0. The van der Waals surface area contributed by atoms with Gasteiger partial charge in [0.15, 0.2) is 0 Å². The fraction of sp³-hybridized carbons (Fsp3) is 0.0833. The van der Waals surface area contributed by atoms with Gasteiger partial charge in [0.1, 0.15) is 23.0 Å². The normalized spacial score (nSPS) is 11.0. The molecule has 0 fully saturated rings. The molecule has 60 heavy (non-hydrogen) atoms. The van der Waals surface area contributed by atoms with Gasteiger partial charge in [-0.15, -0.1) is 22.1 Å². The molecule has 0 saturated heterocycles. The van der Waals surface area contributed by atoms with Crippen molar-refractivity contribution in [2.45, 2.75) is 0 Å². The quantitative estimate of drug-likeness (QED) is 0.146. The van der Waals surface area contributed by atoms with E-state index in [9.17, 15) is 0 Å². The van der Waals surface area contributed by atoms with Gasteiger partial charge in [-0.2, -0.15) is 0 Å². The minimum Gasteiger partial charge on any atom is -0.657 e. The first kappa shape index (κ1) is 44.9. The van der Waals surface area contributed by atoms with Crippen molar-refractivity contribution in [3.63, 3.8) is 0 Å². The van der Waals surface area contributed by atoms with E-state index in [4.69, 9.17) is 38.9 Å². The zero-order chi connectivity index (χ0) is 38.2. The van der Waals surface area contributed by atoms with E-state index >= 15 is 0 Å². The summed E-state index contributed by atoms with van der Waals surface area (Å²) in [5.74, 6) is 3.06. The van der Waals surface area contributed by atoms with Gasteiger partial charge in [-0.3, -0.25) is 0 Å². The Hall–Kier alpha value is -6.19. The van der Waals surface area contributed by atoms with Gasteiger partial charge >= 0.3 is 37.3 Å². The van der Waals surface area contributed by atoms with E-state index in [1.165, 1.54) is 0 Å². The Bertz CT molecular complexity index is 2450. The third-order valence-electron chi connectivity index (χ3n) is 10.1. The smallest absolute Gasteiger partial charge is 0.657 e. The molecule has 4 aromatic carbocycles. The van der Waals surface area contributed by atoms with Crippen molar-refractivity contribution in [1.82, 2.24) is 19.9 Å². The summed E-state index contributed by atoms with van der Waals surface area (Å²) in [6.45, 7) is 0. The molecule has 2 aliphatic rings. The van der Waals surface area contributed by atoms with Crippen LogP contribution in [0.3, 0.4) is 0 Å². The van der Waals surface area contributed by atoms with Crippen molar-refractivity contribution in [3.8, 4) is 67.5 Å². The minimum atomic E-state index is 0. The Morgan fingerprint density at radius 2 is 0.517 bits per heavy atom. The van der Waals surface area contributed by atoms with Crippen molar-refractivity contribution in [3.05, 3.63) is 144 Å². The third-order valence-corrected chi connectivity index (χ3v) is 10.1. The number of aromatic nitrogens is 4. The van der Waals surface area contributed by atoms with Crippen LogP contribution >= 0.6 is 0 Å². The van der Waals surface area contributed by atoms with Crippen LogP contribution in [0.25, 0.3) is 90.9 Å². The number of fused-ring (bicyclic) bond motifs is 8. The number of ether oxygens (including phenoxy) is 4. The summed E-state index contributed by atoms with van der Waals surface area (Å²) < 4.78 is 22.1. The molecule has 12 heteroatoms. The van der Waals surface area contributed by atoms with Gasteiger partial charge in [0.05, 0.1) is 51.2 Å². The van der Waals surface area contributed by atoms with Gasteiger partial charge in [-0.05, 0) is 117 Å². The molecular formula is C48H42ErN4O7+. The molecule has 0 aliphatic carbocycles. The van der Waals surface area contributed by atoms with E-state index in [-0.39, 0.29) is 53.7 Å². The molecule has 8 bridgehead atoms. The van der Waals surface area contributed by atoms with Crippen LogP contribution in [-0.2, 0) is 0 Å². The second-order valence-corrected chi connectivity index (χ2v) is 13.3. The standard InChI is InChI=1S/C48H36N4O4.Er.3H2O/c1-53-33-13-5-29(6-14-33)45-37-21-23-39(49-37)46(30-7-15-34(54-2)16-8-30)41-25-27-43(51-41)48(32-11-19-36(56-4)20-12-32)44-28-26-42(52-44)47(40-24-22-38(45)50-40)31-9-17-35(55-3)18-10-31;;;;/h5-28H,1-4H3;;3*1H2/q-2;+3;;;. The molecular weight excluding hydrogens is 912 g/mol. The number of methoxy groups -OCH3 is 4. The SMILES string of the molecule is COc1ccc(-c2c3nc(c(-c4ccc(OC)cc4)c4ccc([n-]4)c(-c4ccc(OC)cc4)c4nc(c(-c5ccc(OC)cc5)c5ccc2[n-]5)C=C4)C=C3)cc1.O.O.O.[Er+3]. The maximum absolute atomic E-state index is 5.52. The zero-order valence-corrected chi connectivity index (χ0v) is 34.9. The molecule has 11 nitrogen and oxygen atoms in total.